The van der Waals surface area contributed by atoms with Crippen LogP contribution in [0.25, 0.3) is 11.3 Å². The first-order valence-corrected chi connectivity index (χ1v) is 5.94. The highest BCUT2D eigenvalue weighted by molar-refractivity contribution is 5.72. The standard InChI is InChI=1S/C14H17N3O2/c1-9-8-11(17-14(15-2)16-9)10-6-5-7-12(18-3)13(10)19-4/h5-8H,1-4H3,(H,15,16,17). The van der Waals surface area contributed by atoms with Crippen molar-refractivity contribution in [3.63, 3.8) is 0 Å². The molecule has 0 atom stereocenters. The van der Waals surface area contributed by atoms with Crippen molar-refractivity contribution in [2.24, 2.45) is 0 Å². The van der Waals surface area contributed by atoms with Gasteiger partial charge in [-0.2, -0.15) is 0 Å². The minimum Gasteiger partial charge on any atom is -0.493 e. The number of nitrogens with one attached hydrogen (secondary N) is 1. The lowest BCUT2D eigenvalue weighted by molar-refractivity contribution is 0.356. The number of aromatic nitrogens is 2. The second kappa shape index (κ2) is 5.56. The van der Waals surface area contributed by atoms with Crippen LogP contribution in [0.15, 0.2) is 24.3 Å². The third-order valence-electron chi connectivity index (χ3n) is 2.76. The summed E-state index contributed by atoms with van der Waals surface area (Å²) in [6, 6.07) is 7.63. The predicted molar refractivity (Wildman–Crippen MR) is 74.9 cm³/mol. The van der Waals surface area contributed by atoms with Crippen LogP contribution in [0, 0.1) is 6.92 Å². The minimum absolute atomic E-state index is 0.583. The summed E-state index contributed by atoms with van der Waals surface area (Å²) >= 11 is 0. The van der Waals surface area contributed by atoms with Crippen molar-refractivity contribution in [1.82, 2.24) is 9.97 Å². The molecule has 0 spiro atoms. The molecular weight excluding hydrogens is 242 g/mol. The monoisotopic (exact) mass is 259 g/mol. The molecule has 0 aliphatic carbocycles. The van der Waals surface area contributed by atoms with Crippen LogP contribution in [0.3, 0.4) is 0 Å². The van der Waals surface area contributed by atoms with Gasteiger partial charge in [-0.25, -0.2) is 9.97 Å². The van der Waals surface area contributed by atoms with Gasteiger partial charge in [-0.15, -0.1) is 0 Å². The molecule has 1 aromatic heterocycles. The van der Waals surface area contributed by atoms with Crippen LogP contribution in [-0.2, 0) is 0 Å². The quantitative estimate of drug-likeness (QED) is 0.914. The van der Waals surface area contributed by atoms with E-state index in [1.807, 2.05) is 31.2 Å². The normalized spacial score (nSPS) is 10.1. The summed E-state index contributed by atoms with van der Waals surface area (Å²) in [7, 11) is 5.03. The predicted octanol–water partition coefficient (Wildman–Crippen LogP) is 2.51. The molecule has 1 N–H and O–H groups in total. The number of hydrogen-bond donors (Lipinski definition) is 1. The molecule has 5 nitrogen and oxygen atoms in total. The number of methoxy groups -OCH3 is 2. The van der Waals surface area contributed by atoms with Crippen LogP contribution in [0.4, 0.5) is 5.95 Å². The summed E-state index contributed by atoms with van der Waals surface area (Å²) in [4.78, 5) is 8.73. The number of ether oxygens (including phenoxy) is 2. The van der Waals surface area contributed by atoms with Crippen molar-refractivity contribution < 1.29 is 9.47 Å². The first-order valence-electron chi connectivity index (χ1n) is 5.94. The maximum Gasteiger partial charge on any atom is 0.223 e. The maximum atomic E-state index is 5.43. The second-order valence-corrected chi connectivity index (χ2v) is 4.01. The van der Waals surface area contributed by atoms with Gasteiger partial charge in [-0.05, 0) is 25.1 Å². The Kier molecular flexibility index (Phi) is 3.85. The summed E-state index contributed by atoms with van der Waals surface area (Å²) in [6.45, 7) is 1.93. The van der Waals surface area contributed by atoms with E-state index in [-0.39, 0.29) is 0 Å². The Balaban J connectivity index is 2.61. The SMILES string of the molecule is CNc1nc(C)cc(-c2cccc(OC)c2OC)n1. The van der Waals surface area contributed by atoms with Gasteiger partial charge in [0.1, 0.15) is 0 Å². The fourth-order valence-electron chi connectivity index (χ4n) is 1.91. The number of anilines is 1. The third-order valence-corrected chi connectivity index (χ3v) is 2.76. The molecule has 0 radical (unpaired) electrons. The lowest BCUT2D eigenvalue weighted by atomic mass is 10.1. The molecule has 5 heteroatoms. The number of aryl methyl sites for hydroxylation is 1. The Morgan fingerprint density at radius 1 is 1.11 bits per heavy atom. The Labute approximate surface area is 112 Å². The smallest absolute Gasteiger partial charge is 0.223 e. The number of benzene rings is 1. The molecule has 0 saturated heterocycles. The molecule has 0 aliphatic rings. The van der Waals surface area contributed by atoms with E-state index >= 15 is 0 Å². The molecule has 100 valence electrons. The van der Waals surface area contributed by atoms with Gasteiger partial charge in [0, 0.05) is 18.3 Å². The third kappa shape index (κ3) is 2.59. The van der Waals surface area contributed by atoms with Crippen LogP contribution in [0.2, 0.25) is 0 Å². The van der Waals surface area contributed by atoms with E-state index in [4.69, 9.17) is 9.47 Å². The van der Waals surface area contributed by atoms with Gasteiger partial charge in [0.25, 0.3) is 0 Å². The van der Waals surface area contributed by atoms with Crippen LogP contribution in [0.5, 0.6) is 11.5 Å². The van der Waals surface area contributed by atoms with Crippen molar-refractivity contribution in [2.45, 2.75) is 6.92 Å². The summed E-state index contributed by atoms with van der Waals surface area (Å²) in [6.07, 6.45) is 0. The van der Waals surface area contributed by atoms with Crippen molar-refractivity contribution in [3.05, 3.63) is 30.0 Å². The molecule has 0 saturated carbocycles. The van der Waals surface area contributed by atoms with Gasteiger partial charge >= 0.3 is 0 Å². The van der Waals surface area contributed by atoms with Crippen LogP contribution in [-0.4, -0.2) is 31.2 Å². The Morgan fingerprint density at radius 2 is 1.89 bits per heavy atom. The zero-order chi connectivity index (χ0) is 13.8. The Morgan fingerprint density at radius 3 is 2.53 bits per heavy atom. The molecule has 2 aromatic rings. The topological polar surface area (TPSA) is 56.3 Å². The lowest BCUT2D eigenvalue weighted by Crippen LogP contribution is -2.00. The Hall–Kier alpha value is -2.30. The van der Waals surface area contributed by atoms with Crippen LogP contribution in [0.1, 0.15) is 5.69 Å². The molecule has 0 bridgehead atoms. The highest BCUT2D eigenvalue weighted by Crippen LogP contribution is 2.37. The van der Waals surface area contributed by atoms with Gasteiger partial charge in [0.2, 0.25) is 5.95 Å². The van der Waals surface area contributed by atoms with Gasteiger partial charge < -0.3 is 14.8 Å². The number of para-hydroxylation sites is 1. The van der Waals surface area contributed by atoms with E-state index in [1.54, 1.807) is 21.3 Å². The molecule has 1 aromatic carbocycles. The number of nitrogens with zero attached hydrogens (tertiary/aromatic N) is 2. The second-order valence-electron chi connectivity index (χ2n) is 4.01. The van der Waals surface area contributed by atoms with Crippen molar-refractivity contribution in [2.75, 3.05) is 26.6 Å². The molecule has 19 heavy (non-hydrogen) atoms. The van der Waals surface area contributed by atoms with Crippen molar-refractivity contribution in [1.29, 1.82) is 0 Å². The first kappa shape index (κ1) is 13.1. The molecule has 0 unspecified atom stereocenters. The molecule has 0 aliphatic heterocycles. The highest BCUT2D eigenvalue weighted by Gasteiger charge is 2.13. The molecule has 0 amide bonds. The number of rotatable bonds is 4. The fraction of sp³-hybridized carbons (Fsp3) is 0.286. The van der Waals surface area contributed by atoms with Crippen molar-refractivity contribution in [3.8, 4) is 22.8 Å². The number of hydrogen-bond acceptors (Lipinski definition) is 5. The minimum atomic E-state index is 0.583. The molecular formula is C14H17N3O2. The van der Waals surface area contributed by atoms with E-state index in [0.29, 0.717) is 17.4 Å². The average molecular weight is 259 g/mol. The zero-order valence-electron chi connectivity index (χ0n) is 11.5. The van der Waals surface area contributed by atoms with E-state index in [2.05, 4.69) is 15.3 Å². The van der Waals surface area contributed by atoms with Gasteiger partial charge in [0.05, 0.1) is 19.9 Å². The van der Waals surface area contributed by atoms with E-state index < -0.39 is 0 Å². The molecule has 1 heterocycles. The summed E-state index contributed by atoms with van der Waals surface area (Å²) in [5.41, 5.74) is 2.57. The van der Waals surface area contributed by atoms with Crippen molar-refractivity contribution >= 4 is 5.95 Å². The van der Waals surface area contributed by atoms with Gasteiger partial charge in [-0.3, -0.25) is 0 Å². The molecule has 0 fully saturated rings. The maximum absolute atomic E-state index is 5.43. The van der Waals surface area contributed by atoms with Gasteiger partial charge in [0.15, 0.2) is 11.5 Å². The average Bonchev–Trinajstić information content (AvgIpc) is 2.45. The largest absolute Gasteiger partial charge is 0.493 e. The first-order chi connectivity index (χ1) is 9.19. The van der Waals surface area contributed by atoms with Gasteiger partial charge in [-0.1, -0.05) is 6.07 Å². The molecule has 2 rings (SSSR count). The van der Waals surface area contributed by atoms with Crippen LogP contribution >= 0.6 is 0 Å². The highest BCUT2D eigenvalue weighted by atomic mass is 16.5. The summed E-state index contributed by atoms with van der Waals surface area (Å²) in [5.74, 6) is 1.94. The fourth-order valence-corrected chi connectivity index (χ4v) is 1.91. The van der Waals surface area contributed by atoms with E-state index in [0.717, 1.165) is 17.0 Å². The summed E-state index contributed by atoms with van der Waals surface area (Å²) in [5, 5.41) is 2.95. The van der Waals surface area contributed by atoms with Crippen LogP contribution < -0.4 is 14.8 Å². The lowest BCUT2D eigenvalue weighted by Gasteiger charge is -2.13. The summed E-state index contributed by atoms with van der Waals surface area (Å²) < 4.78 is 10.7. The zero-order valence-corrected chi connectivity index (χ0v) is 11.5. The van der Waals surface area contributed by atoms with E-state index in [9.17, 15) is 0 Å². The van der Waals surface area contributed by atoms with E-state index in [1.165, 1.54) is 0 Å². The Bertz CT molecular complexity index is 585.